The van der Waals surface area contributed by atoms with Crippen LogP contribution >= 0.6 is 0 Å². The molecule has 24 heavy (non-hydrogen) atoms. The molecule has 0 amide bonds. The Labute approximate surface area is 151 Å². The molecule has 0 N–H and O–H groups in total. The van der Waals surface area contributed by atoms with Crippen molar-refractivity contribution in [2.75, 3.05) is 0 Å². The molecule has 0 aromatic carbocycles. The minimum absolute atomic E-state index is 0.0935. The second-order valence-corrected chi connectivity index (χ2v) is 7.27. The fourth-order valence-electron chi connectivity index (χ4n) is 3.00. The van der Waals surface area contributed by atoms with Crippen LogP contribution in [0.3, 0.4) is 0 Å². The van der Waals surface area contributed by atoms with E-state index >= 15 is 0 Å². The fourth-order valence-corrected chi connectivity index (χ4v) is 3.00. The maximum Gasteiger partial charge on any atom is 0.333 e. The zero-order valence-corrected chi connectivity index (χ0v) is 16.7. The molecule has 1 atom stereocenters. The summed E-state index contributed by atoms with van der Waals surface area (Å²) in [6.45, 7) is 9.93. The van der Waals surface area contributed by atoms with Gasteiger partial charge < -0.3 is 4.74 Å². The van der Waals surface area contributed by atoms with Crippen molar-refractivity contribution in [1.82, 2.24) is 0 Å². The second kappa shape index (κ2) is 17.0. The topological polar surface area (TPSA) is 26.3 Å². The van der Waals surface area contributed by atoms with Crippen LogP contribution in [0.25, 0.3) is 0 Å². The van der Waals surface area contributed by atoms with Crippen LogP contribution in [-0.4, -0.2) is 12.1 Å². The van der Waals surface area contributed by atoms with Crippen LogP contribution in [0.15, 0.2) is 12.2 Å². The van der Waals surface area contributed by atoms with Crippen molar-refractivity contribution in [1.29, 1.82) is 0 Å². The predicted octanol–water partition coefficient (Wildman–Crippen LogP) is 7.37. The molecule has 1 unspecified atom stereocenters. The third kappa shape index (κ3) is 14.8. The fraction of sp³-hybridized carbons (Fsp3) is 0.864. The van der Waals surface area contributed by atoms with Crippen molar-refractivity contribution >= 4 is 5.97 Å². The van der Waals surface area contributed by atoms with Gasteiger partial charge in [0.25, 0.3) is 0 Å². The molecule has 0 fully saturated rings. The van der Waals surface area contributed by atoms with E-state index < -0.39 is 0 Å². The highest BCUT2D eigenvalue weighted by Gasteiger charge is 2.14. The standard InChI is InChI=1S/C22H42O2/c1-5-7-9-11-13-15-17-19-21(24-22(23)20(3)4)18-16-14-12-10-8-6-2/h21H,3,5-19H2,1-2,4H3. The summed E-state index contributed by atoms with van der Waals surface area (Å²) in [4.78, 5) is 11.8. The summed E-state index contributed by atoms with van der Waals surface area (Å²) in [6, 6.07) is 0. The molecule has 0 radical (unpaired) electrons. The number of rotatable bonds is 17. The molecule has 0 aliphatic carbocycles. The first kappa shape index (κ1) is 23.2. The van der Waals surface area contributed by atoms with Crippen LogP contribution in [-0.2, 0) is 9.53 Å². The Morgan fingerprint density at radius 1 is 0.750 bits per heavy atom. The van der Waals surface area contributed by atoms with E-state index in [1.165, 1.54) is 83.5 Å². The summed E-state index contributed by atoms with van der Waals surface area (Å²) in [7, 11) is 0. The van der Waals surface area contributed by atoms with E-state index in [-0.39, 0.29) is 12.1 Å². The highest BCUT2D eigenvalue weighted by atomic mass is 16.5. The Bertz CT molecular complexity index is 309. The van der Waals surface area contributed by atoms with Gasteiger partial charge in [-0.25, -0.2) is 4.79 Å². The Morgan fingerprint density at radius 2 is 1.12 bits per heavy atom. The number of esters is 1. The summed E-state index contributed by atoms with van der Waals surface area (Å²) in [5.41, 5.74) is 0.516. The molecule has 0 bridgehead atoms. The predicted molar refractivity (Wildman–Crippen MR) is 105 cm³/mol. The van der Waals surface area contributed by atoms with Crippen molar-refractivity contribution in [2.24, 2.45) is 0 Å². The molecule has 0 aliphatic rings. The minimum atomic E-state index is -0.214. The molecule has 0 aliphatic heterocycles. The van der Waals surface area contributed by atoms with E-state index in [1.807, 2.05) is 0 Å². The van der Waals surface area contributed by atoms with Gasteiger partial charge in [-0.15, -0.1) is 0 Å². The van der Waals surface area contributed by atoms with Gasteiger partial charge in [-0.2, -0.15) is 0 Å². The molecule has 0 rings (SSSR count). The number of carbonyl (C=O) groups excluding carboxylic acids is 1. The summed E-state index contributed by atoms with van der Waals surface area (Å²) in [5, 5.41) is 0. The lowest BCUT2D eigenvalue weighted by Gasteiger charge is -2.18. The molecule has 0 saturated carbocycles. The molecule has 2 heteroatoms. The average Bonchev–Trinajstić information content (AvgIpc) is 2.56. The van der Waals surface area contributed by atoms with Gasteiger partial charge in [-0.3, -0.25) is 0 Å². The normalized spacial score (nSPS) is 12.1. The van der Waals surface area contributed by atoms with Gasteiger partial charge in [-0.05, 0) is 32.6 Å². The number of hydrogen-bond donors (Lipinski definition) is 0. The molecule has 2 nitrogen and oxygen atoms in total. The van der Waals surface area contributed by atoms with Crippen molar-refractivity contribution < 1.29 is 9.53 Å². The lowest BCUT2D eigenvalue weighted by Crippen LogP contribution is -2.18. The summed E-state index contributed by atoms with van der Waals surface area (Å²) < 4.78 is 5.65. The van der Waals surface area contributed by atoms with E-state index in [1.54, 1.807) is 6.92 Å². The Balaban J connectivity index is 3.92. The smallest absolute Gasteiger partial charge is 0.333 e. The molecule has 0 heterocycles. The van der Waals surface area contributed by atoms with E-state index in [2.05, 4.69) is 20.4 Å². The molecule has 0 saturated heterocycles. The van der Waals surface area contributed by atoms with Gasteiger partial charge in [0.1, 0.15) is 6.10 Å². The van der Waals surface area contributed by atoms with E-state index in [4.69, 9.17) is 4.74 Å². The number of hydrogen-bond acceptors (Lipinski definition) is 2. The van der Waals surface area contributed by atoms with Crippen molar-refractivity contribution in [3.8, 4) is 0 Å². The third-order valence-corrected chi connectivity index (χ3v) is 4.63. The Morgan fingerprint density at radius 3 is 1.50 bits per heavy atom. The van der Waals surface area contributed by atoms with E-state index in [9.17, 15) is 4.79 Å². The molecule has 0 aromatic rings. The summed E-state index contributed by atoms with van der Waals surface area (Å²) in [6.07, 6.45) is 19.0. The van der Waals surface area contributed by atoms with Crippen LogP contribution in [0.5, 0.6) is 0 Å². The zero-order valence-electron chi connectivity index (χ0n) is 16.7. The van der Waals surface area contributed by atoms with Gasteiger partial charge in [0.15, 0.2) is 0 Å². The van der Waals surface area contributed by atoms with Crippen LogP contribution in [0.1, 0.15) is 117 Å². The van der Waals surface area contributed by atoms with Crippen LogP contribution < -0.4 is 0 Å². The van der Waals surface area contributed by atoms with Crippen LogP contribution in [0.4, 0.5) is 0 Å². The van der Waals surface area contributed by atoms with Crippen LogP contribution in [0, 0.1) is 0 Å². The van der Waals surface area contributed by atoms with Crippen molar-refractivity contribution in [3.05, 3.63) is 12.2 Å². The number of ether oxygens (including phenoxy) is 1. The van der Waals surface area contributed by atoms with Crippen molar-refractivity contribution in [2.45, 2.75) is 123 Å². The first-order valence-corrected chi connectivity index (χ1v) is 10.5. The first-order chi connectivity index (χ1) is 11.6. The van der Waals surface area contributed by atoms with Crippen LogP contribution in [0.2, 0.25) is 0 Å². The Hall–Kier alpha value is -0.790. The average molecular weight is 339 g/mol. The van der Waals surface area contributed by atoms with Gasteiger partial charge in [0.2, 0.25) is 0 Å². The lowest BCUT2D eigenvalue weighted by molar-refractivity contribution is -0.145. The third-order valence-electron chi connectivity index (χ3n) is 4.63. The number of carbonyl (C=O) groups is 1. The largest absolute Gasteiger partial charge is 0.459 e. The number of unbranched alkanes of at least 4 members (excludes halogenated alkanes) is 11. The van der Waals surface area contributed by atoms with E-state index in [0.29, 0.717) is 5.57 Å². The van der Waals surface area contributed by atoms with Crippen molar-refractivity contribution in [3.63, 3.8) is 0 Å². The zero-order chi connectivity index (χ0) is 18.0. The quantitative estimate of drug-likeness (QED) is 0.157. The second-order valence-electron chi connectivity index (χ2n) is 7.27. The SMILES string of the molecule is C=C(C)C(=O)OC(CCCCCCCC)CCCCCCCCC. The first-order valence-electron chi connectivity index (χ1n) is 10.5. The van der Waals surface area contributed by atoms with Gasteiger partial charge in [0.05, 0.1) is 0 Å². The molecular weight excluding hydrogens is 296 g/mol. The van der Waals surface area contributed by atoms with Gasteiger partial charge >= 0.3 is 5.97 Å². The summed E-state index contributed by atoms with van der Waals surface area (Å²) in [5.74, 6) is -0.214. The summed E-state index contributed by atoms with van der Waals surface area (Å²) >= 11 is 0. The minimum Gasteiger partial charge on any atom is -0.459 e. The monoisotopic (exact) mass is 338 g/mol. The highest BCUT2D eigenvalue weighted by molar-refractivity contribution is 5.87. The lowest BCUT2D eigenvalue weighted by atomic mass is 10.0. The van der Waals surface area contributed by atoms with Gasteiger partial charge in [0, 0.05) is 5.57 Å². The maximum absolute atomic E-state index is 11.8. The molecular formula is C22H42O2. The van der Waals surface area contributed by atoms with E-state index in [0.717, 1.165) is 12.8 Å². The highest BCUT2D eigenvalue weighted by Crippen LogP contribution is 2.17. The Kier molecular flexibility index (Phi) is 16.5. The maximum atomic E-state index is 11.8. The molecule has 142 valence electrons. The molecule has 0 spiro atoms. The van der Waals surface area contributed by atoms with Gasteiger partial charge in [-0.1, -0.05) is 91.1 Å². The molecule has 0 aromatic heterocycles.